The van der Waals surface area contributed by atoms with Gasteiger partial charge >= 0.3 is 0 Å². The Hall–Kier alpha value is -1.29. The number of hydrogen-bond donors (Lipinski definition) is 0. The second kappa shape index (κ2) is 4.53. The standard InChI is InChI=1S/C12H14ClN3O/c13-9-6-7-12-11(8-9)14-15-16(12)17-10-4-2-1-3-5-10/h6-8,10H,1-5H2. The van der Waals surface area contributed by atoms with Crippen LogP contribution in [0, 0.1) is 0 Å². The van der Waals surface area contributed by atoms with Gasteiger partial charge in [0.25, 0.3) is 0 Å². The number of rotatable bonds is 2. The van der Waals surface area contributed by atoms with Crippen molar-refractivity contribution in [2.24, 2.45) is 0 Å². The average Bonchev–Trinajstić information content (AvgIpc) is 2.73. The molecule has 1 heterocycles. The van der Waals surface area contributed by atoms with Crippen LogP contribution in [0.3, 0.4) is 0 Å². The molecule has 1 aliphatic carbocycles. The highest BCUT2D eigenvalue weighted by molar-refractivity contribution is 6.31. The van der Waals surface area contributed by atoms with Gasteiger partial charge in [-0.25, -0.2) is 0 Å². The van der Waals surface area contributed by atoms with E-state index in [-0.39, 0.29) is 6.10 Å². The molecule has 0 radical (unpaired) electrons. The second-order valence-corrected chi connectivity index (χ2v) is 4.90. The summed E-state index contributed by atoms with van der Waals surface area (Å²) in [5.74, 6) is 0. The summed E-state index contributed by atoms with van der Waals surface area (Å²) in [6, 6.07) is 5.51. The average molecular weight is 252 g/mol. The highest BCUT2D eigenvalue weighted by Crippen LogP contribution is 2.20. The van der Waals surface area contributed by atoms with E-state index < -0.39 is 0 Å². The van der Waals surface area contributed by atoms with Gasteiger partial charge in [0.1, 0.15) is 17.1 Å². The molecule has 5 heteroatoms. The number of aromatic nitrogens is 3. The maximum Gasteiger partial charge on any atom is 0.130 e. The summed E-state index contributed by atoms with van der Waals surface area (Å²) in [4.78, 5) is 7.38. The number of benzene rings is 1. The van der Waals surface area contributed by atoms with E-state index in [1.807, 2.05) is 12.1 Å². The van der Waals surface area contributed by atoms with E-state index in [0.717, 1.165) is 23.9 Å². The Kier molecular flexibility index (Phi) is 2.89. The van der Waals surface area contributed by atoms with Crippen molar-refractivity contribution in [1.82, 2.24) is 15.2 Å². The lowest BCUT2D eigenvalue weighted by molar-refractivity contribution is -0.000258. The summed E-state index contributed by atoms with van der Waals surface area (Å²) in [5, 5.41) is 8.73. The molecule has 0 bridgehead atoms. The van der Waals surface area contributed by atoms with Gasteiger partial charge in [-0.05, 0) is 49.1 Å². The minimum Gasteiger partial charge on any atom is -0.392 e. The van der Waals surface area contributed by atoms with Crippen LogP contribution in [-0.2, 0) is 0 Å². The Balaban J connectivity index is 1.84. The lowest BCUT2D eigenvalue weighted by atomic mass is 9.98. The van der Waals surface area contributed by atoms with Crippen molar-refractivity contribution in [1.29, 1.82) is 0 Å². The smallest absolute Gasteiger partial charge is 0.130 e. The highest BCUT2D eigenvalue weighted by Gasteiger charge is 2.17. The topological polar surface area (TPSA) is 39.9 Å². The van der Waals surface area contributed by atoms with E-state index in [9.17, 15) is 0 Å². The maximum atomic E-state index is 5.90. The first-order chi connectivity index (χ1) is 8.33. The van der Waals surface area contributed by atoms with Crippen LogP contribution in [0.5, 0.6) is 0 Å². The summed E-state index contributed by atoms with van der Waals surface area (Å²) in [6.07, 6.45) is 6.27. The van der Waals surface area contributed by atoms with Gasteiger partial charge < -0.3 is 4.84 Å². The quantitative estimate of drug-likeness (QED) is 0.824. The number of hydrogen-bond acceptors (Lipinski definition) is 3. The van der Waals surface area contributed by atoms with Gasteiger partial charge in [0.05, 0.1) is 0 Å². The first kappa shape index (κ1) is 10.8. The molecule has 0 saturated heterocycles. The third-order valence-corrected chi connectivity index (χ3v) is 3.41. The minimum absolute atomic E-state index is 0.268. The third-order valence-electron chi connectivity index (χ3n) is 3.18. The molecule has 1 saturated carbocycles. The Bertz CT molecular complexity index is 519. The van der Waals surface area contributed by atoms with Crippen LogP contribution < -0.4 is 4.84 Å². The molecule has 0 atom stereocenters. The van der Waals surface area contributed by atoms with Crippen molar-refractivity contribution >= 4 is 22.6 Å². The Labute approximate surface area is 104 Å². The van der Waals surface area contributed by atoms with Gasteiger partial charge in [-0.3, -0.25) is 0 Å². The van der Waals surface area contributed by atoms with E-state index in [0.29, 0.717) is 5.02 Å². The summed E-state index contributed by atoms with van der Waals surface area (Å²) < 4.78 is 0. The van der Waals surface area contributed by atoms with Crippen molar-refractivity contribution in [2.75, 3.05) is 0 Å². The highest BCUT2D eigenvalue weighted by atomic mass is 35.5. The lowest BCUT2D eigenvalue weighted by Crippen LogP contribution is -2.28. The van der Waals surface area contributed by atoms with Gasteiger partial charge in [-0.1, -0.05) is 22.9 Å². The molecule has 17 heavy (non-hydrogen) atoms. The molecular weight excluding hydrogens is 238 g/mol. The number of nitrogens with zero attached hydrogens (tertiary/aromatic N) is 3. The van der Waals surface area contributed by atoms with Crippen LogP contribution in [0.15, 0.2) is 18.2 Å². The summed E-state index contributed by atoms with van der Waals surface area (Å²) in [6.45, 7) is 0. The van der Waals surface area contributed by atoms with E-state index >= 15 is 0 Å². The van der Waals surface area contributed by atoms with Crippen LogP contribution in [0.25, 0.3) is 11.0 Å². The van der Waals surface area contributed by atoms with E-state index in [2.05, 4.69) is 10.3 Å². The molecule has 1 aromatic heterocycles. The largest absolute Gasteiger partial charge is 0.392 e. The van der Waals surface area contributed by atoms with Crippen LogP contribution in [0.1, 0.15) is 32.1 Å². The monoisotopic (exact) mass is 251 g/mol. The summed E-state index contributed by atoms with van der Waals surface area (Å²) in [5.41, 5.74) is 1.65. The van der Waals surface area contributed by atoms with Crippen LogP contribution in [0.4, 0.5) is 0 Å². The zero-order valence-electron chi connectivity index (χ0n) is 9.47. The molecule has 3 rings (SSSR count). The fourth-order valence-electron chi connectivity index (χ4n) is 2.27. The normalized spacial score (nSPS) is 17.5. The van der Waals surface area contributed by atoms with Gasteiger partial charge in [-0.15, -0.1) is 5.10 Å². The zero-order valence-corrected chi connectivity index (χ0v) is 10.2. The van der Waals surface area contributed by atoms with Crippen LogP contribution in [0.2, 0.25) is 5.02 Å². The molecule has 2 aromatic rings. The summed E-state index contributed by atoms with van der Waals surface area (Å²) in [7, 11) is 0. The fourth-order valence-corrected chi connectivity index (χ4v) is 2.43. The van der Waals surface area contributed by atoms with Crippen molar-refractivity contribution in [3.05, 3.63) is 23.2 Å². The zero-order chi connectivity index (χ0) is 11.7. The van der Waals surface area contributed by atoms with E-state index in [1.54, 1.807) is 6.07 Å². The van der Waals surface area contributed by atoms with Crippen molar-refractivity contribution < 1.29 is 4.84 Å². The first-order valence-electron chi connectivity index (χ1n) is 6.01. The maximum absolute atomic E-state index is 5.90. The van der Waals surface area contributed by atoms with Crippen molar-refractivity contribution in [2.45, 2.75) is 38.2 Å². The van der Waals surface area contributed by atoms with Crippen LogP contribution >= 0.6 is 11.6 Å². The van der Waals surface area contributed by atoms with Crippen LogP contribution in [-0.4, -0.2) is 21.3 Å². The fraction of sp³-hybridized carbons (Fsp3) is 0.500. The molecule has 0 unspecified atom stereocenters. The Morgan fingerprint density at radius 1 is 1.24 bits per heavy atom. The van der Waals surface area contributed by atoms with Gasteiger partial charge in [0.15, 0.2) is 0 Å². The molecule has 0 spiro atoms. The summed E-state index contributed by atoms with van der Waals surface area (Å²) >= 11 is 5.90. The molecule has 0 N–H and O–H groups in total. The number of fused-ring (bicyclic) bond motifs is 1. The SMILES string of the molecule is Clc1ccc2c(c1)nnn2OC1CCCCC1. The minimum atomic E-state index is 0.268. The Morgan fingerprint density at radius 2 is 2.06 bits per heavy atom. The van der Waals surface area contributed by atoms with Gasteiger partial charge in [0.2, 0.25) is 0 Å². The number of halogens is 1. The lowest BCUT2D eigenvalue weighted by Gasteiger charge is -2.21. The van der Waals surface area contributed by atoms with E-state index in [4.69, 9.17) is 16.4 Å². The molecule has 1 aromatic carbocycles. The predicted octanol–water partition coefficient (Wildman–Crippen LogP) is 2.85. The molecular formula is C12H14ClN3O. The van der Waals surface area contributed by atoms with Gasteiger partial charge in [-0.2, -0.15) is 0 Å². The predicted molar refractivity (Wildman–Crippen MR) is 66.0 cm³/mol. The first-order valence-corrected chi connectivity index (χ1v) is 6.39. The molecule has 0 amide bonds. The molecule has 0 aliphatic heterocycles. The second-order valence-electron chi connectivity index (χ2n) is 4.46. The van der Waals surface area contributed by atoms with Crippen molar-refractivity contribution in [3.8, 4) is 0 Å². The Morgan fingerprint density at radius 3 is 2.88 bits per heavy atom. The molecule has 4 nitrogen and oxygen atoms in total. The molecule has 90 valence electrons. The molecule has 1 fully saturated rings. The van der Waals surface area contributed by atoms with Gasteiger partial charge in [0, 0.05) is 5.02 Å². The molecule has 1 aliphatic rings. The van der Waals surface area contributed by atoms with Crippen molar-refractivity contribution in [3.63, 3.8) is 0 Å². The van der Waals surface area contributed by atoms with E-state index in [1.165, 1.54) is 24.1 Å². The third kappa shape index (κ3) is 2.22.